The molecule has 0 saturated carbocycles. The highest BCUT2D eigenvalue weighted by atomic mass is 35.5. The molecule has 160 valence electrons. The van der Waals surface area contributed by atoms with Crippen LogP contribution in [0.3, 0.4) is 0 Å². The van der Waals surface area contributed by atoms with Gasteiger partial charge in [0.25, 0.3) is 0 Å². The van der Waals surface area contributed by atoms with E-state index in [9.17, 15) is 9.18 Å². The molecular weight excluding hydrogens is 428 g/mol. The Hall–Kier alpha value is -2.38. The normalized spacial score (nSPS) is 12.3. The molecular formula is C21H24Cl2FN5O. The summed E-state index contributed by atoms with van der Waals surface area (Å²) < 4.78 is 17.5. The van der Waals surface area contributed by atoms with E-state index in [-0.39, 0.29) is 18.4 Å². The maximum Gasteiger partial charge on any atom is 0.229 e. The van der Waals surface area contributed by atoms with Crippen LogP contribution in [0, 0.1) is 39.4 Å². The third kappa shape index (κ3) is 4.37. The van der Waals surface area contributed by atoms with E-state index in [1.165, 1.54) is 6.07 Å². The van der Waals surface area contributed by atoms with Gasteiger partial charge in [-0.1, -0.05) is 36.2 Å². The highest BCUT2D eigenvalue weighted by Gasteiger charge is 2.21. The Labute approximate surface area is 185 Å². The molecule has 0 saturated heterocycles. The van der Waals surface area contributed by atoms with Crippen molar-refractivity contribution < 1.29 is 9.18 Å². The van der Waals surface area contributed by atoms with E-state index >= 15 is 0 Å². The average molecular weight is 452 g/mol. The first-order chi connectivity index (χ1) is 14.1. The number of aryl methyl sites for hydroxylation is 2. The quantitative estimate of drug-likeness (QED) is 0.567. The number of aromatic nitrogens is 4. The number of halogens is 3. The molecule has 0 aliphatic heterocycles. The van der Waals surface area contributed by atoms with Crippen LogP contribution in [0.25, 0.3) is 0 Å². The lowest BCUT2D eigenvalue weighted by molar-refractivity contribution is -0.119. The number of hydrogen-bond acceptors (Lipinski definition) is 3. The molecule has 0 radical (unpaired) electrons. The molecule has 9 heteroatoms. The maximum absolute atomic E-state index is 14.1. The van der Waals surface area contributed by atoms with Gasteiger partial charge in [-0.2, -0.15) is 10.2 Å². The van der Waals surface area contributed by atoms with Crippen molar-refractivity contribution in [1.82, 2.24) is 19.6 Å². The third-order valence-electron chi connectivity index (χ3n) is 5.19. The highest BCUT2D eigenvalue weighted by molar-refractivity contribution is 6.32. The van der Waals surface area contributed by atoms with Gasteiger partial charge in [0.2, 0.25) is 5.91 Å². The smallest absolute Gasteiger partial charge is 0.229 e. The van der Waals surface area contributed by atoms with Crippen molar-refractivity contribution in [1.29, 1.82) is 0 Å². The Morgan fingerprint density at radius 1 is 1.10 bits per heavy atom. The number of amides is 1. The Morgan fingerprint density at radius 3 is 2.37 bits per heavy atom. The molecule has 2 heterocycles. The van der Waals surface area contributed by atoms with Crippen LogP contribution >= 0.6 is 23.2 Å². The summed E-state index contributed by atoms with van der Waals surface area (Å²) in [5.41, 5.74) is 3.91. The summed E-state index contributed by atoms with van der Waals surface area (Å²) >= 11 is 12.3. The fourth-order valence-corrected chi connectivity index (χ4v) is 3.66. The van der Waals surface area contributed by atoms with Gasteiger partial charge in [0.1, 0.15) is 5.82 Å². The predicted molar refractivity (Wildman–Crippen MR) is 117 cm³/mol. The van der Waals surface area contributed by atoms with E-state index in [1.807, 2.05) is 27.7 Å². The monoisotopic (exact) mass is 451 g/mol. The molecule has 1 amide bonds. The zero-order valence-electron chi connectivity index (χ0n) is 17.6. The molecule has 0 spiro atoms. The molecule has 1 atom stereocenters. The van der Waals surface area contributed by atoms with Crippen molar-refractivity contribution in [2.75, 3.05) is 5.32 Å². The standard InChI is InChI=1S/C21H24Cl2FN5O/c1-11(9-28-14(4)19(23)12(2)26-28)21(30)25-20-13(3)27-29(15(20)5)10-16-17(22)7-6-8-18(16)24/h6-8,11H,9-10H2,1-5H3,(H,25,30). The van der Waals surface area contributed by atoms with Crippen molar-refractivity contribution in [2.24, 2.45) is 5.92 Å². The number of hydrogen-bond donors (Lipinski definition) is 1. The number of carbonyl (C=O) groups excluding carboxylic acids is 1. The van der Waals surface area contributed by atoms with Crippen molar-refractivity contribution in [2.45, 2.75) is 47.7 Å². The van der Waals surface area contributed by atoms with Gasteiger partial charge in [0.15, 0.2) is 0 Å². The second-order valence-electron chi connectivity index (χ2n) is 7.46. The van der Waals surface area contributed by atoms with Crippen molar-refractivity contribution >= 4 is 34.8 Å². The van der Waals surface area contributed by atoms with Gasteiger partial charge >= 0.3 is 0 Å². The van der Waals surface area contributed by atoms with Crippen LogP contribution in [0.5, 0.6) is 0 Å². The molecule has 0 fully saturated rings. The Morgan fingerprint density at radius 2 is 1.77 bits per heavy atom. The average Bonchev–Trinajstić information content (AvgIpc) is 3.09. The second-order valence-corrected chi connectivity index (χ2v) is 8.25. The molecule has 30 heavy (non-hydrogen) atoms. The molecule has 1 aromatic carbocycles. The summed E-state index contributed by atoms with van der Waals surface area (Å²) in [4.78, 5) is 12.8. The van der Waals surface area contributed by atoms with E-state index in [1.54, 1.807) is 28.4 Å². The summed E-state index contributed by atoms with van der Waals surface area (Å²) in [7, 11) is 0. The second kappa shape index (κ2) is 8.78. The van der Waals surface area contributed by atoms with Crippen LogP contribution in [0.1, 0.15) is 35.3 Å². The third-order valence-corrected chi connectivity index (χ3v) is 6.09. The number of nitrogens with zero attached hydrogens (tertiary/aromatic N) is 4. The SMILES string of the molecule is Cc1nn(CC(C)C(=O)Nc2c(C)nn(Cc3c(F)cccc3Cl)c2C)c(C)c1Cl. The van der Waals surface area contributed by atoms with Crippen LogP contribution in [0.15, 0.2) is 18.2 Å². The van der Waals surface area contributed by atoms with Crippen LogP contribution in [0.4, 0.5) is 10.1 Å². The molecule has 2 aromatic heterocycles. The predicted octanol–water partition coefficient (Wildman–Crippen LogP) is 5.08. The minimum absolute atomic E-state index is 0.159. The molecule has 1 unspecified atom stereocenters. The molecule has 0 aliphatic carbocycles. The molecule has 6 nitrogen and oxygen atoms in total. The minimum atomic E-state index is -0.391. The van der Waals surface area contributed by atoms with Crippen molar-refractivity contribution in [3.63, 3.8) is 0 Å². The lowest BCUT2D eigenvalue weighted by Crippen LogP contribution is -2.25. The molecule has 1 N–H and O–H groups in total. The summed E-state index contributed by atoms with van der Waals surface area (Å²) in [6, 6.07) is 4.56. The minimum Gasteiger partial charge on any atom is -0.323 e. The fraction of sp³-hybridized carbons (Fsp3) is 0.381. The number of benzene rings is 1. The van der Waals surface area contributed by atoms with Crippen LogP contribution in [-0.4, -0.2) is 25.5 Å². The summed E-state index contributed by atoms with van der Waals surface area (Å²) in [6.45, 7) is 9.74. The summed E-state index contributed by atoms with van der Waals surface area (Å²) in [5.74, 6) is -0.895. The molecule has 0 aliphatic rings. The van der Waals surface area contributed by atoms with Crippen LogP contribution in [-0.2, 0) is 17.9 Å². The van der Waals surface area contributed by atoms with E-state index in [2.05, 4.69) is 15.5 Å². The molecule has 3 aromatic rings. The Balaban J connectivity index is 1.76. The van der Waals surface area contributed by atoms with E-state index in [4.69, 9.17) is 23.2 Å². The Kier molecular flexibility index (Phi) is 6.53. The van der Waals surface area contributed by atoms with Gasteiger partial charge in [-0.25, -0.2) is 4.39 Å². The zero-order valence-corrected chi connectivity index (χ0v) is 19.1. The molecule has 0 bridgehead atoms. The number of carbonyl (C=O) groups is 1. The first-order valence-electron chi connectivity index (χ1n) is 9.57. The van der Waals surface area contributed by atoms with E-state index < -0.39 is 5.82 Å². The van der Waals surface area contributed by atoms with Crippen LogP contribution < -0.4 is 5.32 Å². The van der Waals surface area contributed by atoms with Gasteiger partial charge in [-0.05, 0) is 39.8 Å². The maximum atomic E-state index is 14.1. The van der Waals surface area contributed by atoms with Gasteiger partial charge < -0.3 is 5.32 Å². The number of nitrogens with one attached hydrogen (secondary N) is 1. The lowest BCUT2D eigenvalue weighted by Gasteiger charge is -2.14. The Bertz CT molecular complexity index is 1090. The summed E-state index contributed by atoms with van der Waals surface area (Å²) in [6.07, 6.45) is 0. The van der Waals surface area contributed by atoms with Gasteiger partial charge in [0, 0.05) is 10.6 Å². The molecule has 3 rings (SSSR count). The van der Waals surface area contributed by atoms with Crippen molar-refractivity contribution in [3.8, 4) is 0 Å². The van der Waals surface area contributed by atoms with Gasteiger partial charge in [0.05, 0.1) is 52.5 Å². The fourth-order valence-electron chi connectivity index (χ4n) is 3.31. The topological polar surface area (TPSA) is 64.7 Å². The first kappa shape index (κ1) is 22.3. The van der Waals surface area contributed by atoms with Gasteiger partial charge in [-0.3, -0.25) is 14.2 Å². The highest BCUT2D eigenvalue weighted by Crippen LogP contribution is 2.25. The first-order valence-corrected chi connectivity index (χ1v) is 10.3. The van der Waals surface area contributed by atoms with Crippen LogP contribution in [0.2, 0.25) is 10.0 Å². The summed E-state index contributed by atoms with van der Waals surface area (Å²) in [5, 5.41) is 12.7. The van der Waals surface area contributed by atoms with E-state index in [0.29, 0.717) is 33.5 Å². The van der Waals surface area contributed by atoms with Gasteiger partial charge in [-0.15, -0.1) is 0 Å². The zero-order chi connectivity index (χ0) is 22.2. The largest absolute Gasteiger partial charge is 0.323 e. The number of anilines is 1. The van der Waals surface area contributed by atoms with E-state index in [0.717, 1.165) is 17.1 Å². The van der Waals surface area contributed by atoms with Crippen molar-refractivity contribution in [3.05, 3.63) is 62.4 Å². The number of rotatable bonds is 6. The lowest BCUT2D eigenvalue weighted by atomic mass is 10.1.